The van der Waals surface area contributed by atoms with E-state index in [9.17, 15) is 0 Å². The smallest absolute Gasteiger partial charge is 0.0634 e. The third-order valence-corrected chi connectivity index (χ3v) is 4.11. The van der Waals surface area contributed by atoms with Crippen LogP contribution in [0.2, 0.25) is 5.02 Å². The van der Waals surface area contributed by atoms with Crippen LogP contribution in [0.15, 0.2) is 48.8 Å². The van der Waals surface area contributed by atoms with Crippen molar-refractivity contribution in [2.75, 3.05) is 19.6 Å². The molecule has 1 atom stereocenters. The largest absolute Gasteiger partial charge is 0.314 e. The minimum absolute atomic E-state index is 0.397. The molecule has 2 heterocycles. The molecular weight excluding hydrogens is 270 g/mol. The van der Waals surface area contributed by atoms with Crippen LogP contribution in [0, 0.1) is 0 Å². The topological polar surface area (TPSA) is 28.2 Å². The van der Waals surface area contributed by atoms with Crippen molar-refractivity contribution in [1.82, 2.24) is 15.2 Å². The fourth-order valence-corrected chi connectivity index (χ4v) is 2.87. The van der Waals surface area contributed by atoms with Gasteiger partial charge >= 0.3 is 0 Å². The number of hydrogen-bond donors (Lipinski definition) is 1. The number of nitrogens with one attached hydrogen (secondary N) is 1. The average Bonchev–Trinajstić information content (AvgIpc) is 2.51. The Labute approximate surface area is 124 Å². The lowest BCUT2D eigenvalue weighted by atomic mass is 10.0. The van der Waals surface area contributed by atoms with Gasteiger partial charge in [-0.05, 0) is 17.2 Å². The molecule has 4 heteroatoms. The predicted octanol–water partition coefficient (Wildman–Crippen LogP) is 2.88. The molecule has 1 aliphatic heterocycles. The van der Waals surface area contributed by atoms with Crippen molar-refractivity contribution in [1.29, 1.82) is 0 Å². The third-order valence-electron chi connectivity index (χ3n) is 3.77. The number of benzene rings is 1. The Hall–Kier alpha value is -1.42. The molecule has 0 amide bonds. The monoisotopic (exact) mass is 287 g/mol. The second kappa shape index (κ2) is 6.35. The van der Waals surface area contributed by atoms with Crippen LogP contribution >= 0.6 is 11.6 Å². The van der Waals surface area contributed by atoms with Crippen LogP contribution in [0.4, 0.5) is 0 Å². The first kappa shape index (κ1) is 13.6. The molecule has 1 aromatic carbocycles. The quantitative estimate of drug-likeness (QED) is 0.941. The molecule has 104 valence electrons. The van der Waals surface area contributed by atoms with Crippen LogP contribution in [0.1, 0.15) is 17.2 Å². The highest BCUT2D eigenvalue weighted by Crippen LogP contribution is 2.25. The molecule has 0 spiro atoms. The zero-order valence-electron chi connectivity index (χ0n) is 11.3. The van der Waals surface area contributed by atoms with E-state index in [0.29, 0.717) is 6.04 Å². The molecule has 20 heavy (non-hydrogen) atoms. The van der Waals surface area contributed by atoms with Crippen molar-refractivity contribution in [2.45, 2.75) is 12.6 Å². The van der Waals surface area contributed by atoms with E-state index in [1.165, 1.54) is 5.56 Å². The summed E-state index contributed by atoms with van der Waals surface area (Å²) in [5.41, 5.74) is 2.49. The molecule has 2 aromatic rings. The highest BCUT2D eigenvalue weighted by Gasteiger charge is 2.24. The fourth-order valence-electron chi connectivity index (χ4n) is 2.69. The zero-order chi connectivity index (χ0) is 13.8. The van der Waals surface area contributed by atoms with Crippen LogP contribution in [-0.4, -0.2) is 29.5 Å². The minimum atomic E-state index is 0.397. The van der Waals surface area contributed by atoms with Crippen LogP contribution < -0.4 is 5.32 Å². The maximum Gasteiger partial charge on any atom is 0.0634 e. The lowest BCUT2D eigenvalue weighted by Crippen LogP contribution is -2.45. The van der Waals surface area contributed by atoms with Gasteiger partial charge in [0.1, 0.15) is 0 Å². The Balaban J connectivity index is 1.81. The molecule has 1 fully saturated rings. The second-order valence-electron chi connectivity index (χ2n) is 5.07. The van der Waals surface area contributed by atoms with E-state index in [1.54, 1.807) is 12.4 Å². The summed E-state index contributed by atoms with van der Waals surface area (Å²) in [6.45, 7) is 3.89. The van der Waals surface area contributed by atoms with Crippen LogP contribution in [0.5, 0.6) is 0 Å². The SMILES string of the molecule is Clc1cnccc1CN1CCNCC1c1ccccc1. The normalized spacial score (nSPS) is 19.9. The highest BCUT2D eigenvalue weighted by atomic mass is 35.5. The van der Waals surface area contributed by atoms with Gasteiger partial charge in [-0.2, -0.15) is 0 Å². The van der Waals surface area contributed by atoms with Gasteiger partial charge < -0.3 is 5.32 Å². The molecule has 0 aliphatic carbocycles. The first-order valence-electron chi connectivity index (χ1n) is 6.92. The number of piperazine rings is 1. The number of aromatic nitrogens is 1. The maximum absolute atomic E-state index is 6.23. The number of pyridine rings is 1. The summed E-state index contributed by atoms with van der Waals surface area (Å²) < 4.78 is 0. The van der Waals surface area contributed by atoms with Crippen molar-refractivity contribution in [2.24, 2.45) is 0 Å². The molecule has 1 N–H and O–H groups in total. The van der Waals surface area contributed by atoms with Gasteiger partial charge in [0, 0.05) is 44.6 Å². The molecule has 1 aliphatic rings. The Morgan fingerprint density at radius 2 is 2.10 bits per heavy atom. The van der Waals surface area contributed by atoms with Gasteiger partial charge in [0.2, 0.25) is 0 Å². The predicted molar refractivity (Wildman–Crippen MR) is 81.7 cm³/mol. The minimum Gasteiger partial charge on any atom is -0.314 e. The van der Waals surface area contributed by atoms with E-state index in [2.05, 4.69) is 45.5 Å². The Morgan fingerprint density at radius 3 is 2.90 bits per heavy atom. The van der Waals surface area contributed by atoms with E-state index in [-0.39, 0.29) is 0 Å². The van der Waals surface area contributed by atoms with Crippen LogP contribution in [0.3, 0.4) is 0 Å². The van der Waals surface area contributed by atoms with E-state index in [0.717, 1.165) is 36.8 Å². The summed E-state index contributed by atoms with van der Waals surface area (Å²) in [7, 11) is 0. The van der Waals surface area contributed by atoms with Crippen LogP contribution in [0.25, 0.3) is 0 Å². The summed E-state index contributed by atoms with van der Waals surface area (Å²) in [6, 6.07) is 13.0. The average molecular weight is 288 g/mol. The molecule has 3 rings (SSSR count). The second-order valence-corrected chi connectivity index (χ2v) is 5.48. The first-order valence-corrected chi connectivity index (χ1v) is 7.30. The molecule has 1 unspecified atom stereocenters. The summed E-state index contributed by atoms with van der Waals surface area (Å²) in [4.78, 5) is 6.53. The van der Waals surface area contributed by atoms with E-state index < -0.39 is 0 Å². The summed E-state index contributed by atoms with van der Waals surface area (Å²) in [5, 5.41) is 4.22. The molecule has 0 bridgehead atoms. The number of rotatable bonds is 3. The zero-order valence-corrected chi connectivity index (χ0v) is 12.1. The highest BCUT2D eigenvalue weighted by molar-refractivity contribution is 6.31. The molecule has 0 radical (unpaired) electrons. The van der Waals surface area contributed by atoms with Gasteiger partial charge in [-0.3, -0.25) is 9.88 Å². The van der Waals surface area contributed by atoms with Gasteiger partial charge in [0.25, 0.3) is 0 Å². The van der Waals surface area contributed by atoms with Gasteiger partial charge in [-0.15, -0.1) is 0 Å². The summed E-state index contributed by atoms with van der Waals surface area (Å²) in [5.74, 6) is 0. The van der Waals surface area contributed by atoms with Crippen molar-refractivity contribution in [3.8, 4) is 0 Å². The number of hydrogen-bond acceptors (Lipinski definition) is 3. The van der Waals surface area contributed by atoms with Crippen molar-refractivity contribution >= 4 is 11.6 Å². The lowest BCUT2D eigenvalue weighted by Gasteiger charge is -2.36. The maximum atomic E-state index is 6.23. The van der Waals surface area contributed by atoms with Gasteiger partial charge in [-0.25, -0.2) is 0 Å². The van der Waals surface area contributed by atoms with Gasteiger partial charge in [-0.1, -0.05) is 41.9 Å². The Bertz CT molecular complexity index is 559. The molecule has 1 saturated heterocycles. The van der Waals surface area contributed by atoms with E-state index in [4.69, 9.17) is 11.6 Å². The lowest BCUT2D eigenvalue weighted by molar-refractivity contribution is 0.154. The van der Waals surface area contributed by atoms with E-state index >= 15 is 0 Å². The summed E-state index contributed by atoms with van der Waals surface area (Å²) >= 11 is 6.23. The van der Waals surface area contributed by atoms with Crippen molar-refractivity contribution in [3.05, 3.63) is 64.9 Å². The first-order chi connectivity index (χ1) is 9.84. The Kier molecular flexibility index (Phi) is 4.31. The summed E-state index contributed by atoms with van der Waals surface area (Å²) in [6.07, 6.45) is 3.53. The standard InChI is InChI=1S/C16H18ClN3/c17-15-10-18-7-6-14(15)12-20-9-8-19-11-16(20)13-4-2-1-3-5-13/h1-7,10,16,19H,8-9,11-12H2. The Morgan fingerprint density at radius 1 is 1.25 bits per heavy atom. The van der Waals surface area contributed by atoms with Crippen molar-refractivity contribution in [3.63, 3.8) is 0 Å². The third kappa shape index (κ3) is 3.01. The molecule has 1 aromatic heterocycles. The molecule has 0 saturated carbocycles. The number of nitrogens with zero attached hydrogens (tertiary/aromatic N) is 2. The number of halogens is 1. The van der Waals surface area contributed by atoms with Crippen LogP contribution in [-0.2, 0) is 6.54 Å². The molecular formula is C16H18ClN3. The van der Waals surface area contributed by atoms with E-state index in [1.807, 2.05) is 6.07 Å². The molecule has 3 nitrogen and oxygen atoms in total. The van der Waals surface area contributed by atoms with Gasteiger partial charge in [0.15, 0.2) is 0 Å². The van der Waals surface area contributed by atoms with Gasteiger partial charge in [0.05, 0.1) is 5.02 Å². The van der Waals surface area contributed by atoms with Crippen molar-refractivity contribution < 1.29 is 0 Å². The fraction of sp³-hybridized carbons (Fsp3) is 0.312.